The highest BCUT2D eigenvalue weighted by Crippen LogP contribution is 2.10. The molecular weight excluding hydrogens is 228 g/mol. The predicted molar refractivity (Wildman–Crippen MR) is 70.4 cm³/mol. The highest BCUT2D eigenvalue weighted by molar-refractivity contribution is 6.02. The Balaban J connectivity index is 2.04. The van der Waals surface area contributed by atoms with Gasteiger partial charge in [0.05, 0.1) is 6.33 Å². The van der Waals surface area contributed by atoms with E-state index < -0.39 is 0 Å². The standard InChI is InChI=1S/C13H16N4O/c1-10-2-4-11(5-3-10)16-13(18)12-8-17(7-6-14)9-15-12/h2-5,8-9H,6-7,14H2,1H3,(H,16,18). The third-order valence-corrected chi connectivity index (χ3v) is 2.56. The first-order chi connectivity index (χ1) is 8.69. The van der Waals surface area contributed by atoms with Crippen molar-refractivity contribution in [2.75, 3.05) is 11.9 Å². The van der Waals surface area contributed by atoms with Gasteiger partial charge >= 0.3 is 0 Å². The number of nitrogens with zero attached hydrogens (tertiary/aromatic N) is 2. The number of aryl methyl sites for hydroxylation is 1. The summed E-state index contributed by atoms with van der Waals surface area (Å²) in [6, 6.07) is 7.62. The summed E-state index contributed by atoms with van der Waals surface area (Å²) >= 11 is 0. The summed E-state index contributed by atoms with van der Waals surface area (Å²) in [6.07, 6.45) is 3.30. The van der Waals surface area contributed by atoms with E-state index >= 15 is 0 Å². The fourth-order valence-electron chi connectivity index (χ4n) is 1.58. The number of aromatic nitrogens is 2. The third-order valence-electron chi connectivity index (χ3n) is 2.56. The van der Waals surface area contributed by atoms with Gasteiger partial charge in [0.2, 0.25) is 0 Å². The molecule has 0 spiro atoms. The number of amides is 1. The van der Waals surface area contributed by atoms with Crippen molar-refractivity contribution in [2.45, 2.75) is 13.5 Å². The van der Waals surface area contributed by atoms with E-state index in [0.717, 1.165) is 11.3 Å². The third kappa shape index (κ3) is 2.95. The van der Waals surface area contributed by atoms with E-state index in [-0.39, 0.29) is 5.91 Å². The second-order valence-corrected chi connectivity index (χ2v) is 4.11. The van der Waals surface area contributed by atoms with Gasteiger partial charge < -0.3 is 15.6 Å². The van der Waals surface area contributed by atoms with Crippen molar-refractivity contribution in [3.8, 4) is 0 Å². The zero-order valence-corrected chi connectivity index (χ0v) is 10.3. The number of imidazole rings is 1. The summed E-state index contributed by atoms with van der Waals surface area (Å²) in [6.45, 7) is 3.18. The normalized spacial score (nSPS) is 10.3. The average Bonchev–Trinajstić information content (AvgIpc) is 2.81. The minimum Gasteiger partial charge on any atom is -0.335 e. The van der Waals surface area contributed by atoms with E-state index in [1.807, 2.05) is 31.2 Å². The van der Waals surface area contributed by atoms with Crippen LogP contribution in [-0.2, 0) is 6.54 Å². The van der Waals surface area contributed by atoms with Gasteiger partial charge in [0, 0.05) is 25.0 Å². The second-order valence-electron chi connectivity index (χ2n) is 4.11. The highest BCUT2D eigenvalue weighted by Gasteiger charge is 2.09. The maximum atomic E-state index is 11.9. The number of hydrogen-bond donors (Lipinski definition) is 2. The van der Waals surface area contributed by atoms with Gasteiger partial charge in [0.1, 0.15) is 5.69 Å². The SMILES string of the molecule is Cc1ccc(NC(=O)c2cn(CCN)cn2)cc1. The lowest BCUT2D eigenvalue weighted by molar-refractivity contribution is 0.102. The van der Waals surface area contributed by atoms with Crippen LogP contribution in [0.3, 0.4) is 0 Å². The molecule has 2 rings (SSSR count). The van der Waals surface area contributed by atoms with Gasteiger partial charge in [-0.2, -0.15) is 0 Å². The van der Waals surface area contributed by atoms with E-state index in [1.165, 1.54) is 0 Å². The number of hydrogen-bond acceptors (Lipinski definition) is 3. The summed E-state index contributed by atoms with van der Waals surface area (Å²) in [7, 11) is 0. The van der Waals surface area contributed by atoms with Gasteiger partial charge in [-0.3, -0.25) is 4.79 Å². The zero-order valence-electron chi connectivity index (χ0n) is 10.3. The summed E-state index contributed by atoms with van der Waals surface area (Å²) in [4.78, 5) is 15.9. The fourth-order valence-corrected chi connectivity index (χ4v) is 1.58. The molecule has 3 N–H and O–H groups in total. The van der Waals surface area contributed by atoms with Crippen molar-refractivity contribution >= 4 is 11.6 Å². The number of benzene rings is 1. The lowest BCUT2D eigenvalue weighted by Crippen LogP contribution is -2.12. The van der Waals surface area contributed by atoms with Crippen molar-refractivity contribution in [1.82, 2.24) is 9.55 Å². The van der Waals surface area contributed by atoms with Crippen LogP contribution in [0.15, 0.2) is 36.8 Å². The number of rotatable bonds is 4. The first kappa shape index (κ1) is 12.3. The summed E-state index contributed by atoms with van der Waals surface area (Å²) < 4.78 is 1.80. The van der Waals surface area contributed by atoms with Crippen LogP contribution >= 0.6 is 0 Å². The van der Waals surface area contributed by atoms with Crippen molar-refractivity contribution in [2.24, 2.45) is 5.73 Å². The predicted octanol–water partition coefficient (Wildman–Crippen LogP) is 1.40. The molecule has 0 unspecified atom stereocenters. The fraction of sp³-hybridized carbons (Fsp3) is 0.231. The van der Waals surface area contributed by atoms with Gasteiger partial charge in [0.15, 0.2) is 0 Å². The molecule has 1 aromatic heterocycles. The largest absolute Gasteiger partial charge is 0.335 e. The molecule has 1 aromatic carbocycles. The van der Waals surface area contributed by atoms with Gasteiger partial charge in [0.25, 0.3) is 5.91 Å². The van der Waals surface area contributed by atoms with Gasteiger partial charge in [-0.05, 0) is 19.1 Å². The number of anilines is 1. The smallest absolute Gasteiger partial charge is 0.275 e. The average molecular weight is 244 g/mol. The topological polar surface area (TPSA) is 72.9 Å². The van der Waals surface area contributed by atoms with Crippen molar-refractivity contribution in [3.63, 3.8) is 0 Å². The van der Waals surface area contributed by atoms with E-state index in [4.69, 9.17) is 5.73 Å². The van der Waals surface area contributed by atoms with Crippen LogP contribution < -0.4 is 11.1 Å². The number of nitrogens with two attached hydrogens (primary N) is 1. The summed E-state index contributed by atoms with van der Waals surface area (Å²) in [5.74, 6) is -0.213. The molecule has 0 bridgehead atoms. The Hall–Kier alpha value is -2.14. The zero-order chi connectivity index (χ0) is 13.0. The number of nitrogens with one attached hydrogen (secondary N) is 1. The van der Waals surface area contributed by atoms with E-state index in [9.17, 15) is 4.79 Å². The molecule has 18 heavy (non-hydrogen) atoms. The molecular formula is C13H16N4O. The Bertz CT molecular complexity index is 530. The van der Waals surface area contributed by atoms with Crippen LogP contribution in [0, 0.1) is 6.92 Å². The molecule has 94 valence electrons. The first-order valence-electron chi connectivity index (χ1n) is 5.79. The summed E-state index contributed by atoms with van der Waals surface area (Å²) in [5, 5.41) is 2.79. The van der Waals surface area contributed by atoms with Crippen molar-refractivity contribution < 1.29 is 4.79 Å². The molecule has 5 heteroatoms. The van der Waals surface area contributed by atoms with Crippen LogP contribution in [0.5, 0.6) is 0 Å². The van der Waals surface area contributed by atoms with Crippen LogP contribution in [0.2, 0.25) is 0 Å². The van der Waals surface area contributed by atoms with Crippen LogP contribution in [0.25, 0.3) is 0 Å². The second kappa shape index (κ2) is 5.46. The molecule has 1 heterocycles. The number of carbonyl (C=O) groups excluding carboxylic acids is 1. The molecule has 5 nitrogen and oxygen atoms in total. The molecule has 0 fully saturated rings. The monoisotopic (exact) mass is 244 g/mol. The Kier molecular flexibility index (Phi) is 3.74. The van der Waals surface area contributed by atoms with Crippen LogP contribution in [-0.4, -0.2) is 22.0 Å². The molecule has 0 aliphatic carbocycles. The number of carbonyl (C=O) groups is 1. The quantitative estimate of drug-likeness (QED) is 0.854. The first-order valence-corrected chi connectivity index (χ1v) is 5.79. The van der Waals surface area contributed by atoms with Gasteiger partial charge in [-0.15, -0.1) is 0 Å². The molecule has 0 aliphatic rings. The molecule has 1 amide bonds. The maximum absolute atomic E-state index is 11.9. The summed E-state index contributed by atoms with van der Waals surface area (Å²) in [5.41, 5.74) is 7.74. The molecule has 0 saturated carbocycles. The van der Waals surface area contributed by atoms with E-state index in [0.29, 0.717) is 18.8 Å². The molecule has 2 aromatic rings. The Morgan fingerprint density at radius 2 is 2.11 bits per heavy atom. The maximum Gasteiger partial charge on any atom is 0.275 e. The van der Waals surface area contributed by atoms with E-state index in [1.54, 1.807) is 17.1 Å². The lowest BCUT2D eigenvalue weighted by atomic mass is 10.2. The van der Waals surface area contributed by atoms with Crippen LogP contribution in [0.1, 0.15) is 16.1 Å². The molecule has 0 aliphatic heterocycles. The molecule has 0 radical (unpaired) electrons. The van der Waals surface area contributed by atoms with Crippen molar-refractivity contribution in [3.05, 3.63) is 48.0 Å². The Labute approximate surface area is 106 Å². The Morgan fingerprint density at radius 1 is 1.39 bits per heavy atom. The van der Waals surface area contributed by atoms with Gasteiger partial charge in [-0.1, -0.05) is 17.7 Å². The van der Waals surface area contributed by atoms with Crippen LogP contribution in [0.4, 0.5) is 5.69 Å². The minimum atomic E-state index is -0.213. The lowest BCUT2D eigenvalue weighted by Gasteiger charge is -2.03. The molecule has 0 saturated heterocycles. The Morgan fingerprint density at radius 3 is 2.78 bits per heavy atom. The minimum absolute atomic E-state index is 0.213. The van der Waals surface area contributed by atoms with Gasteiger partial charge in [-0.25, -0.2) is 4.98 Å². The molecule has 0 atom stereocenters. The van der Waals surface area contributed by atoms with E-state index in [2.05, 4.69) is 10.3 Å². The highest BCUT2D eigenvalue weighted by atomic mass is 16.1. The van der Waals surface area contributed by atoms with Crippen molar-refractivity contribution in [1.29, 1.82) is 0 Å².